The molecular formula is C14H23BrN2O. The first-order valence-corrected chi connectivity index (χ1v) is 7.05. The van der Waals surface area contributed by atoms with Crippen molar-refractivity contribution in [3.05, 3.63) is 34.3 Å². The van der Waals surface area contributed by atoms with E-state index in [9.17, 15) is 0 Å². The van der Waals surface area contributed by atoms with Crippen molar-refractivity contribution in [2.24, 2.45) is 5.73 Å². The van der Waals surface area contributed by atoms with Gasteiger partial charge in [-0.15, -0.1) is 0 Å². The molecule has 0 aliphatic rings. The quantitative estimate of drug-likeness (QED) is 0.786. The second-order valence-electron chi connectivity index (χ2n) is 4.68. The summed E-state index contributed by atoms with van der Waals surface area (Å²) < 4.78 is 6.18. The standard InChI is InChI=1S/C14H23BrN2O/c1-11(16)14(17(2)9-4-10-18-3)12-5-7-13(15)8-6-12/h5-8,11,14H,4,9-10,16H2,1-3H3. The Morgan fingerprint density at radius 1 is 1.33 bits per heavy atom. The Balaban J connectivity index is 2.72. The third-order valence-electron chi connectivity index (χ3n) is 3.04. The summed E-state index contributed by atoms with van der Waals surface area (Å²) >= 11 is 3.46. The van der Waals surface area contributed by atoms with Gasteiger partial charge in [-0.05, 0) is 38.1 Å². The first kappa shape index (κ1) is 15.6. The predicted octanol–water partition coefficient (Wildman–Crippen LogP) is 2.81. The molecule has 0 aromatic heterocycles. The van der Waals surface area contributed by atoms with E-state index in [1.807, 2.05) is 0 Å². The molecule has 1 aromatic rings. The molecular weight excluding hydrogens is 292 g/mol. The third kappa shape index (κ3) is 4.69. The molecule has 0 saturated heterocycles. The molecule has 0 radical (unpaired) electrons. The van der Waals surface area contributed by atoms with Crippen molar-refractivity contribution in [2.45, 2.75) is 25.4 Å². The Morgan fingerprint density at radius 3 is 2.44 bits per heavy atom. The molecule has 3 nitrogen and oxygen atoms in total. The number of halogens is 1. The molecule has 18 heavy (non-hydrogen) atoms. The van der Waals surface area contributed by atoms with Gasteiger partial charge in [-0.3, -0.25) is 4.90 Å². The molecule has 2 N–H and O–H groups in total. The van der Waals surface area contributed by atoms with E-state index in [1.165, 1.54) is 5.56 Å². The van der Waals surface area contributed by atoms with Crippen molar-refractivity contribution in [3.63, 3.8) is 0 Å². The Labute approximate surface area is 118 Å². The lowest BCUT2D eigenvalue weighted by Crippen LogP contribution is -2.38. The average Bonchev–Trinajstić information content (AvgIpc) is 2.32. The average molecular weight is 315 g/mol. The summed E-state index contributed by atoms with van der Waals surface area (Å²) in [5.74, 6) is 0. The third-order valence-corrected chi connectivity index (χ3v) is 3.57. The van der Waals surface area contributed by atoms with Gasteiger partial charge in [0.1, 0.15) is 0 Å². The number of hydrogen-bond donors (Lipinski definition) is 1. The van der Waals surface area contributed by atoms with Crippen LogP contribution in [-0.4, -0.2) is 38.3 Å². The van der Waals surface area contributed by atoms with E-state index >= 15 is 0 Å². The van der Waals surface area contributed by atoms with Crippen molar-refractivity contribution in [1.82, 2.24) is 4.90 Å². The molecule has 1 rings (SSSR count). The summed E-state index contributed by atoms with van der Waals surface area (Å²) in [4.78, 5) is 2.30. The molecule has 0 amide bonds. The maximum atomic E-state index is 6.13. The van der Waals surface area contributed by atoms with E-state index in [1.54, 1.807) is 7.11 Å². The van der Waals surface area contributed by atoms with Crippen LogP contribution >= 0.6 is 15.9 Å². The summed E-state index contributed by atoms with van der Waals surface area (Å²) in [6.07, 6.45) is 1.02. The van der Waals surface area contributed by atoms with Gasteiger partial charge in [0.25, 0.3) is 0 Å². The van der Waals surface area contributed by atoms with E-state index in [0.29, 0.717) is 0 Å². The Bertz CT molecular complexity index is 340. The van der Waals surface area contributed by atoms with E-state index < -0.39 is 0 Å². The Kier molecular flexibility index (Phi) is 6.86. The Morgan fingerprint density at radius 2 is 1.94 bits per heavy atom. The van der Waals surface area contributed by atoms with Crippen LogP contribution in [0.15, 0.2) is 28.7 Å². The summed E-state index contributed by atoms with van der Waals surface area (Å²) in [6, 6.07) is 8.73. The van der Waals surface area contributed by atoms with Crippen LogP contribution in [0, 0.1) is 0 Å². The molecule has 0 heterocycles. The minimum Gasteiger partial charge on any atom is -0.385 e. The lowest BCUT2D eigenvalue weighted by Gasteiger charge is -2.31. The van der Waals surface area contributed by atoms with Crippen LogP contribution in [0.4, 0.5) is 0 Å². The summed E-state index contributed by atoms with van der Waals surface area (Å²) in [7, 11) is 3.85. The van der Waals surface area contributed by atoms with E-state index in [0.717, 1.165) is 24.0 Å². The van der Waals surface area contributed by atoms with Crippen molar-refractivity contribution < 1.29 is 4.74 Å². The van der Waals surface area contributed by atoms with Gasteiger partial charge in [0.05, 0.1) is 0 Å². The van der Waals surface area contributed by atoms with Crippen LogP contribution in [0.5, 0.6) is 0 Å². The van der Waals surface area contributed by atoms with Crippen LogP contribution in [0.2, 0.25) is 0 Å². The van der Waals surface area contributed by atoms with Gasteiger partial charge in [-0.1, -0.05) is 28.1 Å². The fourth-order valence-corrected chi connectivity index (χ4v) is 2.48. The van der Waals surface area contributed by atoms with Crippen LogP contribution < -0.4 is 5.73 Å². The highest BCUT2D eigenvalue weighted by atomic mass is 79.9. The molecule has 0 aliphatic heterocycles. The second-order valence-corrected chi connectivity index (χ2v) is 5.60. The van der Waals surface area contributed by atoms with Crippen LogP contribution in [0.25, 0.3) is 0 Å². The molecule has 0 aliphatic carbocycles. The first-order chi connectivity index (χ1) is 8.56. The van der Waals surface area contributed by atoms with Crippen molar-refractivity contribution in [1.29, 1.82) is 0 Å². The highest BCUT2D eigenvalue weighted by Gasteiger charge is 2.20. The van der Waals surface area contributed by atoms with Crippen LogP contribution in [0.1, 0.15) is 24.9 Å². The fraction of sp³-hybridized carbons (Fsp3) is 0.571. The smallest absolute Gasteiger partial charge is 0.0493 e. The molecule has 0 bridgehead atoms. The molecule has 0 fully saturated rings. The number of nitrogens with zero attached hydrogens (tertiary/aromatic N) is 1. The largest absolute Gasteiger partial charge is 0.385 e. The van der Waals surface area contributed by atoms with Gasteiger partial charge in [-0.25, -0.2) is 0 Å². The van der Waals surface area contributed by atoms with Crippen molar-refractivity contribution in [2.75, 3.05) is 27.3 Å². The number of likely N-dealkylation sites (N-methyl/N-ethyl adjacent to an activating group) is 1. The topological polar surface area (TPSA) is 38.5 Å². The molecule has 0 saturated carbocycles. The Hall–Kier alpha value is -0.420. The van der Waals surface area contributed by atoms with Crippen molar-refractivity contribution in [3.8, 4) is 0 Å². The zero-order chi connectivity index (χ0) is 13.5. The maximum Gasteiger partial charge on any atom is 0.0493 e. The van der Waals surface area contributed by atoms with Crippen molar-refractivity contribution >= 4 is 15.9 Å². The monoisotopic (exact) mass is 314 g/mol. The highest BCUT2D eigenvalue weighted by Crippen LogP contribution is 2.24. The maximum absolute atomic E-state index is 6.13. The highest BCUT2D eigenvalue weighted by molar-refractivity contribution is 9.10. The lowest BCUT2D eigenvalue weighted by molar-refractivity contribution is 0.158. The molecule has 0 spiro atoms. The molecule has 2 atom stereocenters. The molecule has 4 heteroatoms. The lowest BCUT2D eigenvalue weighted by atomic mass is 9.99. The van der Waals surface area contributed by atoms with E-state index in [-0.39, 0.29) is 12.1 Å². The predicted molar refractivity (Wildman–Crippen MR) is 79.7 cm³/mol. The number of nitrogens with two attached hydrogens (primary N) is 1. The fourth-order valence-electron chi connectivity index (χ4n) is 2.22. The van der Waals surface area contributed by atoms with Gasteiger partial charge >= 0.3 is 0 Å². The van der Waals surface area contributed by atoms with E-state index in [4.69, 9.17) is 10.5 Å². The summed E-state index contributed by atoms with van der Waals surface area (Å²) in [5, 5.41) is 0. The summed E-state index contributed by atoms with van der Waals surface area (Å²) in [5.41, 5.74) is 7.38. The van der Waals surface area contributed by atoms with Crippen LogP contribution in [0.3, 0.4) is 0 Å². The van der Waals surface area contributed by atoms with Crippen LogP contribution in [-0.2, 0) is 4.74 Å². The molecule has 2 unspecified atom stereocenters. The van der Waals surface area contributed by atoms with Gasteiger partial charge < -0.3 is 10.5 Å². The zero-order valence-electron chi connectivity index (χ0n) is 11.4. The van der Waals surface area contributed by atoms with Gasteiger partial charge in [-0.2, -0.15) is 0 Å². The normalized spacial score (nSPS) is 14.8. The number of hydrogen-bond acceptors (Lipinski definition) is 3. The summed E-state index contributed by atoms with van der Waals surface area (Å²) in [6.45, 7) is 3.83. The number of methoxy groups -OCH3 is 1. The number of rotatable bonds is 7. The van der Waals surface area contributed by atoms with E-state index in [2.05, 4.69) is 59.1 Å². The number of ether oxygens (including phenoxy) is 1. The zero-order valence-corrected chi connectivity index (χ0v) is 13.0. The van der Waals surface area contributed by atoms with Gasteiger partial charge in [0.15, 0.2) is 0 Å². The second kappa shape index (κ2) is 7.89. The minimum atomic E-state index is 0.0960. The van der Waals surface area contributed by atoms with Gasteiger partial charge in [0, 0.05) is 36.8 Å². The van der Waals surface area contributed by atoms with Gasteiger partial charge in [0.2, 0.25) is 0 Å². The minimum absolute atomic E-state index is 0.0960. The first-order valence-electron chi connectivity index (χ1n) is 6.26. The SMILES string of the molecule is COCCCN(C)C(c1ccc(Br)cc1)C(C)N. The molecule has 1 aromatic carbocycles. The molecule has 102 valence electrons. The number of benzene rings is 1.